The van der Waals surface area contributed by atoms with Crippen LogP contribution in [0.15, 0.2) is 0 Å². The molecule has 1 fully saturated rings. The van der Waals surface area contributed by atoms with Crippen molar-refractivity contribution in [3.8, 4) is 6.01 Å². The minimum atomic E-state index is -0.693. The summed E-state index contributed by atoms with van der Waals surface area (Å²) in [7, 11) is 1.43. The fourth-order valence-corrected chi connectivity index (χ4v) is 1.72. The Morgan fingerprint density at radius 2 is 2.05 bits per heavy atom. The zero-order valence-electron chi connectivity index (χ0n) is 11.5. The van der Waals surface area contributed by atoms with Crippen LogP contribution < -0.4 is 15.8 Å². The first-order valence-corrected chi connectivity index (χ1v) is 6.12. The fraction of sp³-hybridized carbons (Fsp3) is 0.545. The van der Waals surface area contributed by atoms with Gasteiger partial charge in [-0.2, -0.15) is 15.0 Å². The van der Waals surface area contributed by atoms with E-state index in [9.17, 15) is 9.59 Å². The number of likely N-dealkylation sites (tertiary alicyclic amines) is 1. The molecular formula is C11H16N6O3. The number of hydrogen-bond donors (Lipinski definition) is 2. The molecule has 2 heterocycles. The number of carbonyl (C=O) groups is 2. The summed E-state index contributed by atoms with van der Waals surface area (Å²) in [6.07, 6.45) is -0.0631. The molecule has 1 aliphatic heterocycles. The molecule has 1 aliphatic rings. The molecular weight excluding hydrogens is 264 g/mol. The van der Waals surface area contributed by atoms with Gasteiger partial charge in [-0.25, -0.2) is 0 Å². The van der Waals surface area contributed by atoms with E-state index in [1.807, 2.05) is 13.8 Å². The molecule has 0 aliphatic carbocycles. The third-order valence-corrected chi connectivity index (χ3v) is 2.66. The summed E-state index contributed by atoms with van der Waals surface area (Å²) >= 11 is 0. The summed E-state index contributed by atoms with van der Waals surface area (Å²) in [4.78, 5) is 36.0. The minimum Gasteiger partial charge on any atom is -0.461 e. The van der Waals surface area contributed by atoms with Gasteiger partial charge in [0.1, 0.15) is 6.04 Å². The van der Waals surface area contributed by atoms with E-state index < -0.39 is 6.04 Å². The first kappa shape index (κ1) is 14.0. The van der Waals surface area contributed by atoms with E-state index in [0.29, 0.717) is 0 Å². The van der Waals surface area contributed by atoms with E-state index in [4.69, 9.17) is 10.5 Å². The minimum absolute atomic E-state index is 0.0247. The predicted molar refractivity (Wildman–Crippen MR) is 69.8 cm³/mol. The maximum atomic E-state index is 11.8. The summed E-state index contributed by atoms with van der Waals surface area (Å²) in [6.45, 7) is 3.64. The topological polar surface area (TPSA) is 123 Å². The summed E-state index contributed by atoms with van der Waals surface area (Å²) in [5.41, 5.74) is 5.55. The molecule has 2 rings (SSSR count). The summed E-state index contributed by atoms with van der Waals surface area (Å²) < 4.78 is 5.32. The summed E-state index contributed by atoms with van der Waals surface area (Å²) in [5, 5.41) is 2.77. The van der Waals surface area contributed by atoms with Crippen molar-refractivity contribution in [1.82, 2.24) is 19.9 Å². The van der Waals surface area contributed by atoms with Crippen LogP contribution in [0.5, 0.6) is 6.01 Å². The maximum Gasteiger partial charge on any atom is 0.323 e. The van der Waals surface area contributed by atoms with Crippen LogP contribution in [0.4, 0.5) is 11.9 Å². The van der Waals surface area contributed by atoms with Gasteiger partial charge in [0, 0.05) is 7.05 Å². The van der Waals surface area contributed by atoms with Crippen LogP contribution >= 0.6 is 0 Å². The second-order valence-electron chi connectivity index (χ2n) is 4.66. The van der Waals surface area contributed by atoms with Crippen molar-refractivity contribution in [2.45, 2.75) is 32.4 Å². The highest BCUT2D eigenvalue weighted by molar-refractivity contribution is 6.06. The highest BCUT2D eigenvalue weighted by atomic mass is 16.5. The Hall–Kier alpha value is -2.45. The molecule has 0 bridgehead atoms. The van der Waals surface area contributed by atoms with E-state index in [-0.39, 0.29) is 42.2 Å². The summed E-state index contributed by atoms with van der Waals surface area (Å²) in [6, 6.07) is -0.624. The third kappa shape index (κ3) is 2.92. The lowest BCUT2D eigenvalue weighted by Gasteiger charge is -2.12. The van der Waals surface area contributed by atoms with Crippen molar-refractivity contribution in [1.29, 1.82) is 0 Å². The molecule has 1 aromatic heterocycles. The molecule has 20 heavy (non-hydrogen) atoms. The van der Waals surface area contributed by atoms with E-state index in [0.717, 1.165) is 4.90 Å². The Bertz CT molecular complexity index is 547. The van der Waals surface area contributed by atoms with Crippen molar-refractivity contribution < 1.29 is 14.3 Å². The van der Waals surface area contributed by atoms with Crippen LogP contribution in [0.3, 0.4) is 0 Å². The van der Waals surface area contributed by atoms with Crippen LogP contribution in [0.25, 0.3) is 0 Å². The van der Waals surface area contributed by atoms with Crippen molar-refractivity contribution in [3.05, 3.63) is 0 Å². The number of rotatable bonds is 4. The largest absolute Gasteiger partial charge is 0.461 e. The standard InChI is InChI=1S/C11H16N6O3/c1-5(2)20-11-15-9(12)14-10(16-11)13-6-4-7(18)17(3)8(6)19/h5-6H,4H2,1-3H3,(H3,12,13,14,15,16). The molecule has 1 saturated heterocycles. The van der Waals surface area contributed by atoms with Crippen LogP contribution in [-0.4, -0.2) is 50.9 Å². The first-order valence-electron chi connectivity index (χ1n) is 6.12. The van der Waals surface area contributed by atoms with Gasteiger partial charge in [-0.1, -0.05) is 0 Å². The lowest BCUT2D eigenvalue weighted by atomic mass is 10.2. The average Bonchev–Trinajstić information content (AvgIpc) is 2.55. The van der Waals surface area contributed by atoms with Crippen molar-refractivity contribution in [2.75, 3.05) is 18.1 Å². The van der Waals surface area contributed by atoms with Gasteiger partial charge in [-0.15, -0.1) is 0 Å². The normalized spacial score (nSPS) is 18.8. The number of nitrogens with zero attached hydrogens (tertiary/aromatic N) is 4. The van der Waals surface area contributed by atoms with Gasteiger partial charge in [-0.3, -0.25) is 14.5 Å². The number of carbonyl (C=O) groups excluding carboxylic acids is 2. The molecule has 1 atom stereocenters. The molecule has 108 valence electrons. The lowest BCUT2D eigenvalue weighted by molar-refractivity contribution is -0.136. The second kappa shape index (κ2) is 5.27. The average molecular weight is 280 g/mol. The fourth-order valence-electron chi connectivity index (χ4n) is 1.72. The Kier molecular flexibility index (Phi) is 3.68. The van der Waals surface area contributed by atoms with Gasteiger partial charge >= 0.3 is 6.01 Å². The highest BCUT2D eigenvalue weighted by Gasteiger charge is 2.36. The van der Waals surface area contributed by atoms with E-state index in [1.54, 1.807) is 0 Å². The zero-order chi connectivity index (χ0) is 14.9. The van der Waals surface area contributed by atoms with Crippen molar-refractivity contribution in [2.24, 2.45) is 0 Å². The molecule has 9 nitrogen and oxygen atoms in total. The number of imide groups is 1. The Labute approximate surface area is 115 Å². The molecule has 0 radical (unpaired) electrons. The van der Waals surface area contributed by atoms with Crippen LogP contribution in [0.2, 0.25) is 0 Å². The molecule has 1 unspecified atom stereocenters. The Balaban J connectivity index is 2.15. The zero-order valence-corrected chi connectivity index (χ0v) is 11.5. The number of nitrogens with two attached hydrogens (primary N) is 1. The maximum absolute atomic E-state index is 11.8. The predicted octanol–water partition coefficient (Wildman–Crippen LogP) is -0.590. The molecule has 3 N–H and O–H groups in total. The van der Waals surface area contributed by atoms with Gasteiger partial charge < -0.3 is 15.8 Å². The number of ether oxygens (including phenoxy) is 1. The Morgan fingerprint density at radius 1 is 1.35 bits per heavy atom. The van der Waals surface area contributed by atoms with Crippen molar-refractivity contribution in [3.63, 3.8) is 0 Å². The van der Waals surface area contributed by atoms with Crippen LogP contribution in [0.1, 0.15) is 20.3 Å². The number of amides is 2. The number of anilines is 2. The molecule has 0 spiro atoms. The number of nitrogen functional groups attached to an aromatic ring is 1. The smallest absolute Gasteiger partial charge is 0.323 e. The number of likely N-dealkylation sites (N-methyl/N-ethyl adjacent to an activating group) is 1. The van der Waals surface area contributed by atoms with Gasteiger partial charge in [0.05, 0.1) is 12.5 Å². The van der Waals surface area contributed by atoms with Crippen LogP contribution in [0, 0.1) is 0 Å². The lowest BCUT2D eigenvalue weighted by Crippen LogP contribution is -2.32. The van der Waals surface area contributed by atoms with E-state index in [2.05, 4.69) is 20.3 Å². The number of aromatic nitrogens is 3. The van der Waals surface area contributed by atoms with Gasteiger partial charge in [-0.05, 0) is 13.8 Å². The first-order chi connectivity index (χ1) is 9.36. The van der Waals surface area contributed by atoms with Gasteiger partial charge in [0.15, 0.2) is 0 Å². The summed E-state index contributed by atoms with van der Waals surface area (Å²) in [5.74, 6) is -0.508. The molecule has 9 heteroatoms. The quantitative estimate of drug-likeness (QED) is 0.701. The SMILES string of the molecule is CC(C)Oc1nc(N)nc(NC2CC(=O)N(C)C2=O)n1. The second-order valence-corrected chi connectivity index (χ2v) is 4.66. The monoisotopic (exact) mass is 280 g/mol. The third-order valence-electron chi connectivity index (χ3n) is 2.66. The molecule has 0 saturated carbocycles. The molecule has 1 aromatic rings. The Morgan fingerprint density at radius 3 is 2.60 bits per heavy atom. The molecule has 2 amide bonds. The van der Waals surface area contributed by atoms with E-state index >= 15 is 0 Å². The molecule has 0 aromatic carbocycles. The van der Waals surface area contributed by atoms with Gasteiger partial charge in [0.25, 0.3) is 5.91 Å². The number of hydrogen-bond acceptors (Lipinski definition) is 8. The highest BCUT2D eigenvalue weighted by Crippen LogP contribution is 2.17. The van der Waals surface area contributed by atoms with Gasteiger partial charge in [0.2, 0.25) is 17.8 Å². The van der Waals surface area contributed by atoms with Crippen LogP contribution in [-0.2, 0) is 9.59 Å². The van der Waals surface area contributed by atoms with E-state index in [1.165, 1.54) is 7.05 Å². The van der Waals surface area contributed by atoms with Crippen molar-refractivity contribution >= 4 is 23.7 Å². The number of nitrogens with one attached hydrogen (secondary N) is 1.